The molecule has 2 rings (SSSR count). The van der Waals surface area contributed by atoms with Gasteiger partial charge in [-0.3, -0.25) is 0 Å². The summed E-state index contributed by atoms with van der Waals surface area (Å²) < 4.78 is 11.6. The predicted molar refractivity (Wildman–Crippen MR) is 67.8 cm³/mol. The molecular formula is C13H20N2O2. The lowest BCUT2D eigenvalue weighted by Crippen LogP contribution is -2.24. The van der Waals surface area contributed by atoms with Gasteiger partial charge in [0.25, 0.3) is 0 Å². The Balaban J connectivity index is 2.24. The smallest absolute Gasteiger partial charge is 0.241 e. The van der Waals surface area contributed by atoms with Gasteiger partial charge in [0.15, 0.2) is 0 Å². The molecule has 0 radical (unpaired) electrons. The van der Waals surface area contributed by atoms with E-state index in [1.807, 2.05) is 33.9 Å². The third-order valence-electron chi connectivity index (χ3n) is 2.35. The van der Waals surface area contributed by atoms with Crippen LogP contribution in [-0.2, 0) is 0 Å². The number of pyridine rings is 1. The zero-order valence-electron chi connectivity index (χ0n) is 10.9. The summed E-state index contributed by atoms with van der Waals surface area (Å²) in [5, 5.41) is 3.11. The van der Waals surface area contributed by atoms with Crippen molar-refractivity contribution in [3.8, 4) is 11.6 Å². The molecule has 1 saturated carbocycles. The van der Waals surface area contributed by atoms with Gasteiger partial charge in [-0.05, 0) is 33.6 Å². The number of hydrogen-bond donors (Lipinski definition) is 1. The van der Waals surface area contributed by atoms with Crippen LogP contribution in [0.3, 0.4) is 0 Å². The first-order valence-corrected chi connectivity index (χ1v) is 6.02. The molecule has 1 aromatic rings. The van der Waals surface area contributed by atoms with Crippen LogP contribution in [0.25, 0.3) is 0 Å². The van der Waals surface area contributed by atoms with Gasteiger partial charge < -0.3 is 14.8 Å². The Bertz CT molecular complexity index is 395. The van der Waals surface area contributed by atoms with E-state index in [0.717, 1.165) is 24.3 Å². The summed E-state index contributed by atoms with van der Waals surface area (Å²) >= 11 is 0. The van der Waals surface area contributed by atoms with Gasteiger partial charge in [0.1, 0.15) is 17.0 Å². The molecule has 1 aliphatic carbocycles. The van der Waals surface area contributed by atoms with Crippen molar-refractivity contribution < 1.29 is 9.47 Å². The zero-order valence-corrected chi connectivity index (χ0v) is 10.9. The van der Waals surface area contributed by atoms with Gasteiger partial charge in [-0.15, -0.1) is 0 Å². The van der Waals surface area contributed by atoms with E-state index in [0.29, 0.717) is 12.0 Å². The van der Waals surface area contributed by atoms with Crippen LogP contribution in [0.1, 0.15) is 33.6 Å². The molecule has 94 valence electrons. The lowest BCUT2D eigenvalue weighted by molar-refractivity contribution is 0.124. The highest BCUT2D eigenvalue weighted by molar-refractivity contribution is 5.63. The minimum Gasteiger partial charge on any atom is -0.488 e. The van der Waals surface area contributed by atoms with Crippen molar-refractivity contribution in [3.05, 3.63) is 12.3 Å². The van der Waals surface area contributed by atoms with Crippen molar-refractivity contribution in [1.29, 1.82) is 0 Å². The lowest BCUT2D eigenvalue weighted by Gasteiger charge is -2.23. The number of nitrogens with zero attached hydrogens (tertiary/aromatic N) is 1. The van der Waals surface area contributed by atoms with E-state index in [1.165, 1.54) is 0 Å². The Morgan fingerprint density at radius 1 is 1.35 bits per heavy atom. The van der Waals surface area contributed by atoms with Crippen molar-refractivity contribution >= 4 is 5.69 Å². The first-order valence-electron chi connectivity index (χ1n) is 6.02. The predicted octanol–water partition coefficient (Wildman–Crippen LogP) is 2.84. The summed E-state index contributed by atoms with van der Waals surface area (Å²) in [6.07, 6.45) is 4.37. The number of ether oxygens (including phenoxy) is 2. The van der Waals surface area contributed by atoms with E-state index < -0.39 is 0 Å². The third-order valence-corrected chi connectivity index (χ3v) is 2.35. The summed E-state index contributed by atoms with van der Waals surface area (Å²) in [5.41, 5.74) is 0.561. The molecule has 0 spiro atoms. The maximum absolute atomic E-state index is 5.82. The number of hydrogen-bond acceptors (Lipinski definition) is 4. The Hall–Kier alpha value is -1.45. The van der Waals surface area contributed by atoms with Gasteiger partial charge in [-0.25, -0.2) is 4.98 Å². The normalized spacial score (nSPS) is 15.5. The molecule has 1 aliphatic rings. The molecule has 1 aromatic heterocycles. The number of rotatable bonds is 4. The van der Waals surface area contributed by atoms with E-state index in [-0.39, 0.29) is 5.60 Å². The van der Waals surface area contributed by atoms with Crippen LogP contribution in [-0.4, -0.2) is 23.7 Å². The van der Waals surface area contributed by atoms with E-state index in [4.69, 9.17) is 9.47 Å². The second-order valence-corrected chi connectivity index (χ2v) is 5.27. The van der Waals surface area contributed by atoms with Crippen LogP contribution in [0.2, 0.25) is 0 Å². The van der Waals surface area contributed by atoms with E-state index >= 15 is 0 Å². The molecule has 4 nitrogen and oxygen atoms in total. The van der Waals surface area contributed by atoms with Crippen LogP contribution in [0.5, 0.6) is 11.6 Å². The summed E-state index contributed by atoms with van der Waals surface area (Å²) in [5.74, 6) is 1.42. The minimum absolute atomic E-state index is 0.267. The monoisotopic (exact) mass is 236 g/mol. The molecule has 0 bridgehead atoms. The maximum Gasteiger partial charge on any atom is 0.241 e. The molecule has 1 fully saturated rings. The summed E-state index contributed by atoms with van der Waals surface area (Å²) in [7, 11) is 1.85. The Morgan fingerprint density at radius 3 is 2.59 bits per heavy atom. The fourth-order valence-electron chi connectivity index (χ4n) is 1.49. The van der Waals surface area contributed by atoms with Crippen molar-refractivity contribution in [3.63, 3.8) is 0 Å². The largest absolute Gasteiger partial charge is 0.488 e. The molecule has 0 aliphatic heterocycles. The number of aromatic nitrogens is 1. The van der Waals surface area contributed by atoms with Gasteiger partial charge in [0.2, 0.25) is 5.88 Å². The van der Waals surface area contributed by atoms with Crippen molar-refractivity contribution in [1.82, 2.24) is 4.98 Å². The highest BCUT2D eigenvalue weighted by atomic mass is 16.5. The van der Waals surface area contributed by atoms with Crippen molar-refractivity contribution in [2.24, 2.45) is 0 Å². The molecule has 0 unspecified atom stereocenters. The fourth-order valence-corrected chi connectivity index (χ4v) is 1.49. The molecule has 0 atom stereocenters. The third kappa shape index (κ3) is 3.25. The summed E-state index contributed by atoms with van der Waals surface area (Å²) in [6.45, 7) is 6.01. The molecule has 1 N–H and O–H groups in total. The van der Waals surface area contributed by atoms with Gasteiger partial charge in [0, 0.05) is 19.3 Å². The first kappa shape index (κ1) is 12.0. The molecule has 0 aromatic carbocycles. The van der Waals surface area contributed by atoms with Crippen LogP contribution < -0.4 is 14.8 Å². The minimum atomic E-state index is -0.267. The van der Waals surface area contributed by atoms with E-state index in [9.17, 15) is 0 Å². The standard InChI is InChI=1S/C13H20N2O2/c1-13(2,3)17-12-11(14-4)10(7-8-15-12)16-9-5-6-9/h7-9,14H,5-6H2,1-4H3. The lowest BCUT2D eigenvalue weighted by atomic mass is 10.2. The van der Waals surface area contributed by atoms with Gasteiger partial charge in [-0.1, -0.05) is 0 Å². The highest BCUT2D eigenvalue weighted by Crippen LogP contribution is 2.37. The van der Waals surface area contributed by atoms with Crippen LogP contribution in [0.4, 0.5) is 5.69 Å². The summed E-state index contributed by atoms with van der Waals surface area (Å²) in [4.78, 5) is 4.26. The number of nitrogens with one attached hydrogen (secondary N) is 1. The molecule has 17 heavy (non-hydrogen) atoms. The second-order valence-electron chi connectivity index (χ2n) is 5.27. The topological polar surface area (TPSA) is 43.4 Å². The highest BCUT2D eigenvalue weighted by Gasteiger charge is 2.26. The Labute approximate surface area is 102 Å². The van der Waals surface area contributed by atoms with E-state index in [2.05, 4.69) is 10.3 Å². The Kier molecular flexibility index (Phi) is 3.13. The number of anilines is 1. The first-order chi connectivity index (χ1) is 7.99. The van der Waals surface area contributed by atoms with Crippen molar-refractivity contribution in [2.75, 3.05) is 12.4 Å². The molecule has 0 amide bonds. The molecule has 1 heterocycles. The van der Waals surface area contributed by atoms with Crippen LogP contribution in [0.15, 0.2) is 12.3 Å². The van der Waals surface area contributed by atoms with Gasteiger partial charge >= 0.3 is 0 Å². The average molecular weight is 236 g/mol. The van der Waals surface area contributed by atoms with Crippen LogP contribution >= 0.6 is 0 Å². The second kappa shape index (κ2) is 4.43. The molecule has 4 heteroatoms. The van der Waals surface area contributed by atoms with Gasteiger partial charge in [0.05, 0.1) is 6.10 Å². The SMILES string of the molecule is CNc1c(OC2CC2)ccnc1OC(C)(C)C. The summed E-state index contributed by atoms with van der Waals surface area (Å²) in [6, 6.07) is 1.87. The molecule has 0 saturated heterocycles. The maximum atomic E-state index is 5.82. The van der Waals surface area contributed by atoms with E-state index in [1.54, 1.807) is 6.20 Å². The zero-order chi connectivity index (χ0) is 12.5. The van der Waals surface area contributed by atoms with Gasteiger partial charge in [-0.2, -0.15) is 0 Å². The van der Waals surface area contributed by atoms with Crippen molar-refractivity contribution in [2.45, 2.75) is 45.3 Å². The fraction of sp³-hybridized carbons (Fsp3) is 0.615. The van der Waals surface area contributed by atoms with Crippen LogP contribution in [0, 0.1) is 0 Å². The molecular weight excluding hydrogens is 216 g/mol. The average Bonchev–Trinajstić information content (AvgIpc) is 2.99. The Morgan fingerprint density at radius 2 is 2.06 bits per heavy atom. The quantitative estimate of drug-likeness (QED) is 0.873.